The van der Waals surface area contributed by atoms with Gasteiger partial charge >= 0.3 is 0 Å². The molecule has 2 unspecified atom stereocenters. The molecule has 3 nitrogen and oxygen atoms in total. The summed E-state index contributed by atoms with van der Waals surface area (Å²) in [5, 5.41) is 3.44. The van der Waals surface area contributed by atoms with Crippen LogP contribution in [0.2, 0.25) is 0 Å². The maximum Gasteiger partial charge on any atom is 0.166 e. The van der Waals surface area contributed by atoms with E-state index in [0.717, 1.165) is 18.0 Å². The number of hydrogen-bond acceptors (Lipinski definition) is 3. The zero-order chi connectivity index (χ0) is 11.5. The van der Waals surface area contributed by atoms with Crippen LogP contribution in [-0.2, 0) is 0 Å². The summed E-state index contributed by atoms with van der Waals surface area (Å²) in [7, 11) is 0. The van der Waals surface area contributed by atoms with Crippen LogP contribution in [0.4, 0.5) is 0 Å². The van der Waals surface area contributed by atoms with E-state index in [1.165, 1.54) is 5.56 Å². The SMILES string of the molecule is CCNC1c2cccc(OCC)c2OC1C. The van der Waals surface area contributed by atoms with Crippen LogP contribution >= 0.6 is 0 Å². The molecule has 1 aromatic rings. The summed E-state index contributed by atoms with van der Waals surface area (Å²) in [6, 6.07) is 6.37. The van der Waals surface area contributed by atoms with Gasteiger partial charge in [-0.2, -0.15) is 0 Å². The van der Waals surface area contributed by atoms with Gasteiger partial charge in [0.15, 0.2) is 11.5 Å². The van der Waals surface area contributed by atoms with Gasteiger partial charge in [0.05, 0.1) is 12.6 Å². The van der Waals surface area contributed by atoms with Gasteiger partial charge in [-0.25, -0.2) is 0 Å². The minimum absolute atomic E-state index is 0.163. The average Bonchev–Trinajstić information content (AvgIpc) is 2.59. The Kier molecular flexibility index (Phi) is 3.34. The zero-order valence-electron chi connectivity index (χ0n) is 10.1. The van der Waals surface area contributed by atoms with E-state index >= 15 is 0 Å². The predicted molar refractivity (Wildman–Crippen MR) is 64.1 cm³/mol. The lowest BCUT2D eigenvalue weighted by atomic mass is 10.0. The molecule has 1 N–H and O–H groups in total. The molecule has 0 saturated carbocycles. The minimum atomic E-state index is 0.163. The van der Waals surface area contributed by atoms with E-state index in [4.69, 9.17) is 9.47 Å². The van der Waals surface area contributed by atoms with Crippen molar-refractivity contribution in [2.24, 2.45) is 0 Å². The second kappa shape index (κ2) is 4.74. The normalized spacial score (nSPS) is 22.7. The summed E-state index contributed by atoms with van der Waals surface area (Å²) in [5.74, 6) is 1.76. The molecule has 0 bridgehead atoms. The van der Waals surface area contributed by atoms with Crippen molar-refractivity contribution >= 4 is 0 Å². The third-order valence-electron chi connectivity index (χ3n) is 2.84. The summed E-state index contributed by atoms with van der Waals surface area (Å²) in [4.78, 5) is 0. The first-order valence-electron chi connectivity index (χ1n) is 5.93. The second-order valence-electron chi connectivity index (χ2n) is 3.97. The van der Waals surface area contributed by atoms with Crippen molar-refractivity contribution in [2.45, 2.75) is 32.9 Å². The molecule has 0 aliphatic carbocycles. The number of hydrogen-bond donors (Lipinski definition) is 1. The number of para-hydroxylation sites is 1. The van der Waals surface area contributed by atoms with Crippen molar-refractivity contribution in [3.63, 3.8) is 0 Å². The van der Waals surface area contributed by atoms with E-state index in [-0.39, 0.29) is 12.1 Å². The van der Waals surface area contributed by atoms with Crippen LogP contribution in [0.1, 0.15) is 32.4 Å². The Balaban J connectivity index is 2.32. The second-order valence-corrected chi connectivity index (χ2v) is 3.97. The van der Waals surface area contributed by atoms with Crippen LogP contribution in [0, 0.1) is 0 Å². The first-order chi connectivity index (χ1) is 7.77. The van der Waals surface area contributed by atoms with Gasteiger partial charge in [0, 0.05) is 5.56 Å². The lowest BCUT2D eigenvalue weighted by molar-refractivity contribution is 0.201. The minimum Gasteiger partial charge on any atom is -0.490 e. The Morgan fingerprint density at radius 1 is 1.38 bits per heavy atom. The summed E-state index contributed by atoms with van der Waals surface area (Å²) in [6.45, 7) is 7.79. The lowest BCUT2D eigenvalue weighted by Crippen LogP contribution is -2.28. The summed E-state index contributed by atoms with van der Waals surface area (Å²) in [6.07, 6.45) is 0.163. The molecule has 0 amide bonds. The molecule has 3 heteroatoms. The van der Waals surface area contributed by atoms with Gasteiger partial charge in [-0.05, 0) is 26.5 Å². The zero-order valence-corrected chi connectivity index (χ0v) is 10.1. The first kappa shape index (κ1) is 11.3. The van der Waals surface area contributed by atoms with Gasteiger partial charge in [0.1, 0.15) is 6.10 Å². The predicted octanol–water partition coefficient (Wildman–Crippen LogP) is 2.52. The fourth-order valence-electron chi connectivity index (χ4n) is 2.18. The highest BCUT2D eigenvalue weighted by Gasteiger charge is 2.32. The maximum absolute atomic E-state index is 5.87. The molecule has 1 aliphatic heterocycles. The molecule has 2 atom stereocenters. The molecule has 1 aromatic carbocycles. The standard InChI is InChI=1S/C13H19NO2/c1-4-14-12-9(3)16-13-10(12)7-6-8-11(13)15-5-2/h6-9,12,14H,4-5H2,1-3H3. The number of ether oxygens (including phenoxy) is 2. The number of fused-ring (bicyclic) bond motifs is 1. The van der Waals surface area contributed by atoms with Crippen molar-refractivity contribution in [2.75, 3.05) is 13.2 Å². The Labute approximate surface area is 96.8 Å². The lowest BCUT2D eigenvalue weighted by Gasteiger charge is -2.14. The molecule has 2 rings (SSSR count). The Hall–Kier alpha value is -1.22. The van der Waals surface area contributed by atoms with Crippen molar-refractivity contribution in [1.82, 2.24) is 5.32 Å². The van der Waals surface area contributed by atoms with E-state index in [0.29, 0.717) is 6.61 Å². The third kappa shape index (κ3) is 1.87. The van der Waals surface area contributed by atoms with Crippen LogP contribution in [0.25, 0.3) is 0 Å². The van der Waals surface area contributed by atoms with Crippen molar-refractivity contribution in [3.05, 3.63) is 23.8 Å². The average molecular weight is 221 g/mol. The van der Waals surface area contributed by atoms with E-state index in [9.17, 15) is 0 Å². The molecule has 1 aliphatic rings. The molecular formula is C13H19NO2. The first-order valence-corrected chi connectivity index (χ1v) is 5.93. The molecule has 0 saturated heterocycles. The Bertz CT molecular complexity index is 365. The van der Waals surface area contributed by atoms with Crippen LogP contribution in [0.15, 0.2) is 18.2 Å². The number of likely N-dealkylation sites (N-methyl/N-ethyl adjacent to an activating group) is 1. The van der Waals surface area contributed by atoms with Crippen molar-refractivity contribution in [1.29, 1.82) is 0 Å². The highest BCUT2D eigenvalue weighted by atomic mass is 16.5. The van der Waals surface area contributed by atoms with Gasteiger partial charge in [0.2, 0.25) is 0 Å². The molecule has 0 radical (unpaired) electrons. The molecular weight excluding hydrogens is 202 g/mol. The highest BCUT2D eigenvalue weighted by Crippen LogP contribution is 2.42. The topological polar surface area (TPSA) is 30.5 Å². The van der Waals surface area contributed by atoms with E-state index in [1.54, 1.807) is 0 Å². The summed E-state index contributed by atoms with van der Waals surface area (Å²) >= 11 is 0. The number of benzene rings is 1. The van der Waals surface area contributed by atoms with Gasteiger partial charge < -0.3 is 14.8 Å². The largest absolute Gasteiger partial charge is 0.490 e. The third-order valence-corrected chi connectivity index (χ3v) is 2.84. The maximum atomic E-state index is 5.87. The van der Waals surface area contributed by atoms with Gasteiger partial charge in [0.25, 0.3) is 0 Å². The molecule has 0 fully saturated rings. The van der Waals surface area contributed by atoms with Crippen LogP contribution in [-0.4, -0.2) is 19.3 Å². The van der Waals surface area contributed by atoms with Crippen molar-refractivity contribution < 1.29 is 9.47 Å². The fraction of sp³-hybridized carbons (Fsp3) is 0.538. The van der Waals surface area contributed by atoms with Gasteiger partial charge in [-0.15, -0.1) is 0 Å². The smallest absolute Gasteiger partial charge is 0.166 e. The summed E-state index contributed by atoms with van der Waals surface area (Å²) in [5.41, 5.74) is 1.21. The van der Waals surface area contributed by atoms with Gasteiger partial charge in [-0.1, -0.05) is 19.1 Å². The number of rotatable bonds is 4. The molecule has 1 heterocycles. The fourth-order valence-corrected chi connectivity index (χ4v) is 2.18. The molecule has 0 aromatic heterocycles. The van der Waals surface area contributed by atoms with E-state index in [2.05, 4.69) is 25.2 Å². The Morgan fingerprint density at radius 3 is 2.88 bits per heavy atom. The molecule has 0 spiro atoms. The monoisotopic (exact) mass is 221 g/mol. The molecule has 88 valence electrons. The van der Waals surface area contributed by atoms with Crippen LogP contribution < -0.4 is 14.8 Å². The highest BCUT2D eigenvalue weighted by molar-refractivity contribution is 5.51. The van der Waals surface area contributed by atoms with E-state index in [1.807, 2.05) is 19.1 Å². The van der Waals surface area contributed by atoms with Crippen LogP contribution in [0.5, 0.6) is 11.5 Å². The van der Waals surface area contributed by atoms with Crippen LogP contribution in [0.3, 0.4) is 0 Å². The van der Waals surface area contributed by atoms with E-state index < -0.39 is 0 Å². The number of nitrogens with one attached hydrogen (secondary N) is 1. The quantitative estimate of drug-likeness (QED) is 0.847. The summed E-state index contributed by atoms with van der Waals surface area (Å²) < 4.78 is 11.4. The molecule has 16 heavy (non-hydrogen) atoms. The Morgan fingerprint density at radius 2 is 2.19 bits per heavy atom. The van der Waals surface area contributed by atoms with Gasteiger partial charge in [-0.3, -0.25) is 0 Å². The van der Waals surface area contributed by atoms with Crippen molar-refractivity contribution in [3.8, 4) is 11.5 Å².